The van der Waals surface area contributed by atoms with Crippen LogP contribution in [0.3, 0.4) is 0 Å². The van der Waals surface area contributed by atoms with Gasteiger partial charge in [0.2, 0.25) is 0 Å². The molecule has 3 rings (SSSR count). The number of unbranched alkanes of at least 4 members (excludes halogenated alkanes) is 2. The topological polar surface area (TPSA) is 93.8 Å². The molecule has 1 aliphatic rings. The highest BCUT2D eigenvalue weighted by Crippen LogP contribution is 2.19. The lowest BCUT2D eigenvalue weighted by molar-refractivity contribution is 0.0627. The fourth-order valence-electron chi connectivity index (χ4n) is 4.27. The van der Waals surface area contributed by atoms with E-state index in [1.54, 1.807) is 17.0 Å². The number of nitrogens with zero attached hydrogens (tertiary/aromatic N) is 2. The molecule has 9 heteroatoms. The van der Waals surface area contributed by atoms with Gasteiger partial charge in [0.15, 0.2) is 0 Å². The van der Waals surface area contributed by atoms with Crippen molar-refractivity contribution in [2.75, 3.05) is 38.0 Å². The van der Waals surface area contributed by atoms with Crippen molar-refractivity contribution in [2.45, 2.75) is 59.0 Å². The molecule has 0 aromatic heterocycles. The van der Waals surface area contributed by atoms with Gasteiger partial charge in [-0.2, -0.15) is 0 Å². The summed E-state index contributed by atoms with van der Waals surface area (Å²) >= 11 is 0. The summed E-state index contributed by atoms with van der Waals surface area (Å²) in [6.07, 6.45) is 2.94. The quantitative estimate of drug-likeness (QED) is 0.417. The predicted molar refractivity (Wildman–Crippen MR) is 148 cm³/mol. The normalized spacial score (nSPS) is 14.2. The van der Waals surface area contributed by atoms with Crippen LogP contribution in [0, 0.1) is 5.82 Å². The van der Waals surface area contributed by atoms with Crippen molar-refractivity contribution in [1.29, 1.82) is 0 Å². The van der Waals surface area contributed by atoms with Gasteiger partial charge < -0.3 is 20.9 Å². The number of piperazine rings is 1. The van der Waals surface area contributed by atoms with Crippen LogP contribution in [0.4, 0.5) is 14.9 Å². The highest BCUT2D eigenvalue weighted by molar-refractivity contribution is 5.96. The molecule has 1 fully saturated rings. The Morgan fingerprint density at radius 1 is 0.947 bits per heavy atom. The highest BCUT2D eigenvalue weighted by Gasteiger charge is 2.23. The van der Waals surface area contributed by atoms with E-state index in [1.165, 1.54) is 12.1 Å². The number of hydrogen-bond acceptors (Lipinski definition) is 4. The fraction of sp³-hybridized carbons (Fsp3) is 0.483. The molecule has 1 heterocycles. The first-order chi connectivity index (χ1) is 18.1. The lowest BCUT2D eigenvalue weighted by atomic mass is 10.1. The van der Waals surface area contributed by atoms with Gasteiger partial charge in [-0.1, -0.05) is 31.9 Å². The van der Waals surface area contributed by atoms with Crippen LogP contribution >= 0.6 is 0 Å². The van der Waals surface area contributed by atoms with Crippen molar-refractivity contribution < 1.29 is 18.8 Å². The number of urea groups is 1. The Balaban J connectivity index is 1.50. The molecular weight excluding hydrogens is 485 g/mol. The lowest BCUT2D eigenvalue weighted by Gasteiger charge is -2.35. The number of anilines is 1. The summed E-state index contributed by atoms with van der Waals surface area (Å²) in [5, 5.41) is 8.19. The zero-order valence-electron chi connectivity index (χ0n) is 22.9. The SMILES string of the molecule is CCCCCNC(=O)Nc1ccc(C(=O)N2CCN(Cc3cccc(C(=O)NC(C)(C)C)c3)CC2)cc1F. The monoisotopic (exact) mass is 525 g/mol. The molecule has 206 valence electrons. The van der Waals surface area contributed by atoms with Gasteiger partial charge in [0.25, 0.3) is 11.8 Å². The standard InChI is InChI=1S/C29H40FN5O3/c1-5-6-7-13-31-28(38)32-25-12-11-23(19-24(25)30)27(37)35-16-14-34(15-17-35)20-21-9-8-10-22(18-21)26(36)33-29(2,3)4/h8-12,18-19H,5-7,13-17,20H2,1-4H3,(H,33,36)(H2,31,32,38). The smallest absolute Gasteiger partial charge is 0.319 e. The summed E-state index contributed by atoms with van der Waals surface area (Å²) in [6, 6.07) is 11.3. The van der Waals surface area contributed by atoms with Gasteiger partial charge in [0, 0.05) is 55.9 Å². The lowest BCUT2D eigenvalue weighted by Crippen LogP contribution is -2.48. The molecule has 1 saturated heterocycles. The van der Waals surface area contributed by atoms with E-state index >= 15 is 0 Å². The minimum absolute atomic E-state index is 0.0396. The summed E-state index contributed by atoms with van der Waals surface area (Å²) in [6.45, 7) is 11.5. The molecule has 4 amide bonds. The first kappa shape index (κ1) is 29.1. The van der Waals surface area contributed by atoms with Crippen LogP contribution in [0.2, 0.25) is 0 Å². The summed E-state index contributed by atoms with van der Waals surface area (Å²) in [5.74, 6) is -0.982. The number of amides is 4. The first-order valence-electron chi connectivity index (χ1n) is 13.3. The molecule has 0 bridgehead atoms. The molecule has 1 aliphatic heterocycles. The minimum Gasteiger partial charge on any atom is -0.347 e. The van der Waals surface area contributed by atoms with Crippen molar-refractivity contribution in [3.8, 4) is 0 Å². The predicted octanol–water partition coefficient (Wildman–Crippen LogP) is 4.62. The van der Waals surface area contributed by atoms with Gasteiger partial charge in [-0.3, -0.25) is 14.5 Å². The molecule has 0 atom stereocenters. The van der Waals surface area contributed by atoms with Crippen molar-refractivity contribution in [3.63, 3.8) is 0 Å². The van der Waals surface area contributed by atoms with Crippen molar-refractivity contribution >= 4 is 23.5 Å². The molecule has 2 aromatic carbocycles. The zero-order valence-corrected chi connectivity index (χ0v) is 22.9. The maximum absolute atomic E-state index is 14.6. The molecule has 0 spiro atoms. The number of carbonyl (C=O) groups is 3. The van der Waals surface area contributed by atoms with Crippen LogP contribution in [0.15, 0.2) is 42.5 Å². The molecule has 0 unspecified atom stereocenters. The van der Waals surface area contributed by atoms with E-state index in [0.29, 0.717) is 44.8 Å². The minimum atomic E-state index is -0.645. The van der Waals surface area contributed by atoms with Gasteiger partial charge in [-0.05, 0) is 63.1 Å². The average molecular weight is 526 g/mol. The Morgan fingerprint density at radius 2 is 1.68 bits per heavy atom. The second-order valence-corrected chi connectivity index (χ2v) is 10.8. The molecule has 0 radical (unpaired) electrons. The third kappa shape index (κ3) is 8.83. The van der Waals surface area contributed by atoms with Crippen molar-refractivity contribution in [1.82, 2.24) is 20.4 Å². The van der Waals surface area contributed by atoms with Crippen LogP contribution in [0.25, 0.3) is 0 Å². The first-order valence-corrected chi connectivity index (χ1v) is 13.3. The molecular formula is C29H40FN5O3. The Labute approximate surface area is 225 Å². The molecule has 0 saturated carbocycles. The molecule has 3 N–H and O–H groups in total. The Hall–Kier alpha value is -3.46. The summed E-state index contributed by atoms with van der Waals surface area (Å²) < 4.78 is 14.6. The maximum Gasteiger partial charge on any atom is 0.319 e. The molecule has 2 aromatic rings. The van der Waals surface area contributed by atoms with Crippen molar-refractivity contribution in [2.24, 2.45) is 0 Å². The molecule has 0 aliphatic carbocycles. The van der Waals surface area contributed by atoms with E-state index in [0.717, 1.165) is 24.8 Å². The van der Waals surface area contributed by atoms with Crippen LogP contribution in [0.1, 0.15) is 73.2 Å². The number of hydrogen-bond donors (Lipinski definition) is 3. The van der Waals surface area contributed by atoms with Gasteiger partial charge >= 0.3 is 6.03 Å². The second kappa shape index (κ2) is 13.4. The van der Waals surface area contributed by atoms with Crippen LogP contribution in [-0.4, -0.2) is 65.9 Å². The third-order valence-corrected chi connectivity index (χ3v) is 6.27. The Kier molecular flexibility index (Phi) is 10.2. The highest BCUT2D eigenvalue weighted by atomic mass is 19.1. The van der Waals surface area contributed by atoms with Crippen LogP contribution < -0.4 is 16.0 Å². The van der Waals surface area contributed by atoms with E-state index in [1.807, 2.05) is 39.0 Å². The Bertz CT molecular complexity index is 1120. The van der Waals surface area contributed by atoms with Gasteiger partial charge in [0.1, 0.15) is 5.82 Å². The molecule has 38 heavy (non-hydrogen) atoms. The number of carbonyl (C=O) groups excluding carboxylic acids is 3. The second-order valence-electron chi connectivity index (χ2n) is 10.8. The van der Waals surface area contributed by atoms with Gasteiger partial charge in [0.05, 0.1) is 5.69 Å². The number of nitrogens with one attached hydrogen (secondary N) is 3. The summed E-state index contributed by atoms with van der Waals surface area (Å²) in [7, 11) is 0. The van der Waals surface area contributed by atoms with Crippen LogP contribution in [-0.2, 0) is 6.54 Å². The third-order valence-electron chi connectivity index (χ3n) is 6.27. The molecule has 8 nitrogen and oxygen atoms in total. The van der Waals surface area contributed by atoms with E-state index in [2.05, 4.69) is 27.8 Å². The maximum atomic E-state index is 14.6. The van der Waals surface area contributed by atoms with Gasteiger partial charge in [-0.25, -0.2) is 9.18 Å². The van der Waals surface area contributed by atoms with E-state index in [9.17, 15) is 18.8 Å². The zero-order chi connectivity index (χ0) is 27.7. The number of rotatable bonds is 9. The van der Waals surface area contributed by atoms with E-state index < -0.39 is 11.8 Å². The largest absolute Gasteiger partial charge is 0.347 e. The average Bonchev–Trinajstić information content (AvgIpc) is 2.87. The van der Waals surface area contributed by atoms with Crippen molar-refractivity contribution in [3.05, 3.63) is 65.0 Å². The van der Waals surface area contributed by atoms with E-state index in [4.69, 9.17) is 0 Å². The Morgan fingerprint density at radius 3 is 2.34 bits per heavy atom. The van der Waals surface area contributed by atoms with Gasteiger partial charge in [-0.15, -0.1) is 0 Å². The van der Waals surface area contributed by atoms with Crippen LogP contribution in [0.5, 0.6) is 0 Å². The number of benzene rings is 2. The summed E-state index contributed by atoms with van der Waals surface area (Å²) in [4.78, 5) is 41.4. The summed E-state index contributed by atoms with van der Waals surface area (Å²) in [5.41, 5.74) is 1.64. The number of halogens is 1. The van der Waals surface area contributed by atoms with E-state index in [-0.39, 0.29) is 28.6 Å². The fourth-order valence-corrected chi connectivity index (χ4v) is 4.27.